The molecule has 2 N–H and O–H groups in total. The molecule has 25 heavy (non-hydrogen) atoms. The summed E-state index contributed by atoms with van der Waals surface area (Å²) in [5.41, 5.74) is -1.11. The van der Waals surface area contributed by atoms with Crippen molar-refractivity contribution in [2.75, 3.05) is 13.1 Å². The fourth-order valence-corrected chi connectivity index (χ4v) is 2.22. The largest absolute Gasteiger partial charge is 0.416 e. The van der Waals surface area contributed by atoms with Crippen LogP contribution in [0.25, 0.3) is 11.4 Å². The van der Waals surface area contributed by atoms with E-state index in [4.69, 9.17) is 0 Å². The molecular formula is C15H18F3N5O2. The Morgan fingerprint density at radius 3 is 2.64 bits per heavy atom. The average molecular weight is 357 g/mol. The van der Waals surface area contributed by atoms with Crippen LogP contribution in [0.5, 0.6) is 0 Å². The summed E-state index contributed by atoms with van der Waals surface area (Å²) in [4.78, 5) is 23.5. The third-order valence-electron chi connectivity index (χ3n) is 3.44. The number of alkyl halides is 3. The number of rotatable bonds is 5. The lowest BCUT2D eigenvalue weighted by Gasteiger charge is -2.08. The summed E-state index contributed by atoms with van der Waals surface area (Å²) in [5, 5.41) is 9.16. The van der Waals surface area contributed by atoms with Crippen LogP contribution >= 0.6 is 0 Å². The molecule has 2 aromatic rings. The second kappa shape index (κ2) is 7.41. The molecule has 0 aliphatic heterocycles. The van der Waals surface area contributed by atoms with Crippen molar-refractivity contribution in [3.63, 3.8) is 0 Å². The Morgan fingerprint density at radius 1 is 1.28 bits per heavy atom. The van der Waals surface area contributed by atoms with Gasteiger partial charge in [0.05, 0.1) is 12.1 Å². The Kier molecular flexibility index (Phi) is 5.50. The first-order valence-corrected chi connectivity index (χ1v) is 7.57. The molecule has 1 heterocycles. The van der Waals surface area contributed by atoms with Crippen LogP contribution in [-0.2, 0) is 19.8 Å². The Hall–Kier alpha value is -2.78. The third-order valence-corrected chi connectivity index (χ3v) is 3.44. The van der Waals surface area contributed by atoms with Gasteiger partial charge in [-0.15, -0.1) is 5.10 Å². The van der Waals surface area contributed by atoms with Gasteiger partial charge in [0.2, 0.25) is 0 Å². The maximum Gasteiger partial charge on any atom is 0.416 e. The third kappa shape index (κ3) is 4.40. The molecular weight excluding hydrogens is 339 g/mol. The number of benzene rings is 1. The summed E-state index contributed by atoms with van der Waals surface area (Å²) in [6.07, 6.45) is -4.48. The van der Waals surface area contributed by atoms with Gasteiger partial charge in [0.25, 0.3) is 0 Å². The van der Waals surface area contributed by atoms with Crippen LogP contribution in [0.3, 0.4) is 0 Å². The first-order valence-electron chi connectivity index (χ1n) is 7.57. The molecule has 0 saturated heterocycles. The number of urea groups is 1. The summed E-state index contributed by atoms with van der Waals surface area (Å²) in [6, 6.07) is 4.24. The van der Waals surface area contributed by atoms with Gasteiger partial charge in [0, 0.05) is 25.7 Å². The predicted molar refractivity (Wildman–Crippen MR) is 85.0 cm³/mol. The number of aromatic nitrogens is 3. The number of nitrogens with one attached hydrogen (secondary N) is 2. The molecule has 0 aliphatic rings. The molecule has 2 amide bonds. The first kappa shape index (κ1) is 18.6. The zero-order chi connectivity index (χ0) is 18.6. The normalized spacial score (nSPS) is 11.4. The van der Waals surface area contributed by atoms with Crippen molar-refractivity contribution in [1.82, 2.24) is 25.0 Å². The maximum atomic E-state index is 12.8. The SMILES string of the molecule is CCNC(=O)NCCn1nc(-c2cccc(C(F)(F)F)c2)n(C)c1=O. The lowest BCUT2D eigenvalue weighted by molar-refractivity contribution is -0.137. The minimum Gasteiger partial charge on any atom is -0.338 e. The highest BCUT2D eigenvalue weighted by Gasteiger charge is 2.30. The van der Waals surface area contributed by atoms with Crippen molar-refractivity contribution in [1.29, 1.82) is 0 Å². The van der Waals surface area contributed by atoms with Crippen molar-refractivity contribution in [3.05, 3.63) is 40.3 Å². The molecule has 7 nitrogen and oxygen atoms in total. The number of halogens is 3. The second-order valence-electron chi connectivity index (χ2n) is 5.25. The highest BCUT2D eigenvalue weighted by molar-refractivity contribution is 5.73. The Bertz CT molecular complexity index is 810. The fraction of sp³-hybridized carbons (Fsp3) is 0.400. The van der Waals surface area contributed by atoms with E-state index in [0.29, 0.717) is 6.54 Å². The molecule has 0 fully saturated rings. The van der Waals surface area contributed by atoms with Gasteiger partial charge in [-0.05, 0) is 19.1 Å². The molecule has 0 spiro atoms. The Labute approximate surface area is 141 Å². The number of hydrogen-bond donors (Lipinski definition) is 2. The van der Waals surface area contributed by atoms with Crippen LogP contribution in [0.2, 0.25) is 0 Å². The van der Waals surface area contributed by atoms with E-state index in [0.717, 1.165) is 16.8 Å². The molecule has 1 aromatic heterocycles. The van der Waals surface area contributed by atoms with Gasteiger partial charge >= 0.3 is 17.9 Å². The van der Waals surface area contributed by atoms with Crippen LogP contribution < -0.4 is 16.3 Å². The van der Waals surface area contributed by atoms with Gasteiger partial charge in [-0.2, -0.15) is 13.2 Å². The lowest BCUT2D eigenvalue weighted by atomic mass is 10.1. The first-order chi connectivity index (χ1) is 11.7. The van der Waals surface area contributed by atoms with E-state index >= 15 is 0 Å². The molecule has 2 rings (SSSR count). The average Bonchev–Trinajstić information content (AvgIpc) is 2.83. The quantitative estimate of drug-likeness (QED) is 0.853. The molecule has 10 heteroatoms. The minimum atomic E-state index is -4.48. The summed E-state index contributed by atoms with van der Waals surface area (Å²) in [5.74, 6) is 0.120. The molecule has 0 atom stereocenters. The van der Waals surface area contributed by atoms with Crippen LogP contribution in [0, 0.1) is 0 Å². The van der Waals surface area contributed by atoms with Crippen molar-refractivity contribution in [3.8, 4) is 11.4 Å². The maximum absolute atomic E-state index is 12.8. The van der Waals surface area contributed by atoms with Crippen molar-refractivity contribution in [2.24, 2.45) is 7.05 Å². The van der Waals surface area contributed by atoms with Gasteiger partial charge in [-0.3, -0.25) is 4.57 Å². The minimum absolute atomic E-state index is 0.1000. The monoisotopic (exact) mass is 357 g/mol. The summed E-state index contributed by atoms with van der Waals surface area (Å²) in [7, 11) is 1.43. The Balaban J connectivity index is 2.21. The fourth-order valence-electron chi connectivity index (χ4n) is 2.22. The number of amides is 2. The zero-order valence-corrected chi connectivity index (χ0v) is 13.7. The van der Waals surface area contributed by atoms with Gasteiger partial charge in [-0.25, -0.2) is 14.3 Å². The molecule has 0 radical (unpaired) electrons. The molecule has 0 aliphatic carbocycles. The highest BCUT2D eigenvalue weighted by atomic mass is 19.4. The molecule has 0 saturated carbocycles. The number of nitrogens with zero attached hydrogens (tertiary/aromatic N) is 3. The predicted octanol–water partition coefficient (Wildman–Crippen LogP) is 1.59. The zero-order valence-electron chi connectivity index (χ0n) is 13.7. The van der Waals surface area contributed by atoms with Crippen LogP contribution in [0.15, 0.2) is 29.1 Å². The molecule has 1 aromatic carbocycles. The van der Waals surface area contributed by atoms with Gasteiger partial charge in [0.15, 0.2) is 5.82 Å². The molecule has 0 unspecified atom stereocenters. The van der Waals surface area contributed by atoms with Crippen LogP contribution in [0.4, 0.5) is 18.0 Å². The lowest BCUT2D eigenvalue weighted by Crippen LogP contribution is -2.38. The number of hydrogen-bond acceptors (Lipinski definition) is 3. The van der Waals surface area contributed by atoms with E-state index in [-0.39, 0.29) is 30.5 Å². The summed E-state index contributed by atoms with van der Waals surface area (Å²) < 4.78 is 40.8. The van der Waals surface area contributed by atoms with Crippen LogP contribution in [0.1, 0.15) is 12.5 Å². The Morgan fingerprint density at radius 2 is 2.00 bits per heavy atom. The molecule has 136 valence electrons. The van der Waals surface area contributed by atoms with Gasteiger partial charge in [0.1, 0.15) is 0 Å². The summed E-state index contributed by atoms with van der Waals surface area (Å²) in [6.45, 7) is 2.49. The number of carbonyl (C=O) groups excluding carboxylic acids is 1. The van der Waals surface area contributed by atoms with Crippen molar-refractivity contribution < 1.29 is 18.0 Å². The number of carbonyl (C=O) groups is 1. The standard InChI is InChI=1S/C15H18F3N5O2/c1-3-19-13(24)20-7-8-23-14(25)22(2)12(21-23)10-5-4-6-11(9-10)15(16,17)18/h4-6,9H,3,7-8H2,1-2H3,(H2,19,20,24). The van der Waals surface area contributed by atoms with E-state index < -0.39 is 17.4 Å². The van der Waals surface area contributed by atoms with Gasteiger partial charge in [-0.1, -0.05) is 12.1 Å². The van der Waals surface area contributed by atoms with E-state index in [1.807, 2.05) is 0 Å². The van der Waals surface area contributed by atoms with E-state index in [2.05, 4.69) is 15.7 Å². The van der Waals surface area contributed by atoms with E-state index in [1.54, 1.807) is 6.92 Å². The van der Waals surface area contributed by atoms with Gasteiger partial charge < -0.3 is 10.6 Å². The van der Waals surface area contributed by atoms with E-state index in [9.17, 15) is 22.8 Å². The molecule has 0 bridgehead atoms. The second-order valence-corrected chi connectivity index (χ2v) is 5.25. The highest BCUT2D eigenvalue weighted by Crippen LogP contribution is 2.31. The van der Waals surface area contributed by atoms with E-state index in [1.165, 1.54) is 23.7 Å². The summed E-state index contributed by atoms with van der Waals surface area (Å²) >= 11 is 0. The van der Waals surface area contributed by atoms with Crippen molar-refractivity contribution >= 4 is 6.03 Å². The topological polar surface area (TPSA) is 81.0 Å². The van der Waals surface area contributed by atoms with Crippen molar-refractivity contribution in [2.45, 2.75) is 19.6 Å². The smallest absolute Gasteiger partial charge is 0.338 e. The van der Waals surface area contributed by atoms with Crippen LogP contribution in [-0.4, -0.2) is 33.5 Å².